The fourth-order valence-corrected chi connectivity index (χ4v) is 3.80. The summed E-state index contributed by atoms with van der Waals surface area (Å²) in [5.74, 6) is 0.835. The second-order valence-electron chi connectivity index (χ2n) is 6.63. The Bertz CT molecular complexity index is 634. The van der Waals surface area contributed by atoms with Gasteiger partial charge in [-0.25, -0.2) is 4.39 Å². The van der Waals surface area contributed by atoms with Crippen LogP contribution in [0.15, 0.2) is 48.5 Å². The number of hydrogen-bond donors (Lipinski definition) is 1. The summed E-state index contributed by atoms with van der Waals surface area (Å²) in [7, 11) is 0. The molecular formula is C20H24ClFN2. The highest BCUT2D eigenvalue weighted by atomic mass is 35.5. The summed E-state index contributed by atoms with van der Waals surface area (Å²) < 4.78 is 13.0. The lowest BCUT2D eigenvalue weighted by atomic mass is 9.80. The first-order valence-corrected chi connectivity index (χ1v) is 8.96. The average molecular weight is 347 g/mol. The van der Waals surface area contributed by atoms with Crippen LogP contribution in [0.25, 0.3) is 0 Å². The molecule has 0 bridgehead atoms. The largest absolute Gasteiger partial charge is 0.330 e. The van der Waals surface area contributed by atoms with Crippen molar-refractivity contribution >= 4 is 11.6 Å². The van der Waals surface area contributed by atoms with E-state index in [2.05, 4.69) is 17.0 Å². The number of nitrogens with zero attached hydrogens (tertiary/aromatic N) is 1. The molecule has 1 aliphatic rings. The minimum absolute atomic E-state index is 0.175. The molecule has 1 saturated heterocycles. The van der Waals surface area contributed by atoms with Gasteiger partial charge in [0.1, 0.15) is 5.82 Å². The van der Waals surface area contributed by atoms with Gasteiger partial charge in [0.05, 0.1) is 0 Å². The molecule has 128 valence electrons. The fourth-order valence-electron chi connectivity index (χ4n) is 3.67. The van der Waals surface area contributed by atoms with E-state index in [1.54, 1.807) is 0 Å². The number of hydrogen-bond acceptors (Lipinski definition) is 2. The number of rotatable bonds is 5. The Morgan fingerprint density at radius 3 is 2.25 bits per heavy atom. The molecule has 0 radical (unpaired) electrons. The third kappa shape index (κ3) is 4.35. The zero-order valence-corrected chi connectivity index (χ0v) is 14.6. The number of likely N-dealkylation sites (tertiary alicyclic amines) is 1. The van der Waals surface area contributed by atoms with E-state index in [1.807, 2.05) is 24.3 Å². The normalized spacial score (nSPS) is 17.8. The Kier molecular flexibility index (Phi) is 5.88. The summed E-state index contributed by atoms with van der Waals surface area (Å²) in [4.78, 5) is 2.44. The Hall–Kier alpha value is -1.42. The van der Waals surface area contributed by atoms with Crippen molar-refractivity contribution in [2.24, 2.45) is 11.7 Å². The third-order valence-electron chi connectivity index (χ3n) is 5.07. The van der Waals surface area contributed by atoms with Gasteiger partial charge >= 0.3 is 0 Å². The molecule has 0 amide bonds. The molecule has 2 nitrogen and oxygen atoms in total. The van der Waals surface area contributed by atoms with Crippen molar-refractivity contribution in [3.05, 3.63) is 70.5 Å². The smallest absolute Gasteiger partial charge is 0.123 e. The van der Waals surface area contributed by atoms with Gasteiger partial charge in [-0.15, -0.1) is 0 Å². The van der Waals surface area contributed by atoms with E-state index in [0.29, 0.717) is 18.4 Å². The lowest BCUT2D eigenvalue weighted by Crippen LogP contribution is -2.36. The molecule has 2 N–H and O–H groups in total. The van der Waals surface area contributed by atoms with Gasteiger partial charge in [-0.3, -0.25) is 4.90 Å². The monoisotopic (exact) mass is 346 g/mol. The van der Waals surface area contributed by atoms with Crippen LogP contribution in [0.1, 0.15) is 29.9 Å². The standard InChI is InChI=1S/C20H24ClFN2/c21-18-5-3-16(4-6-18)20(13-23)17-9-11-24(12-10-17)14-15-1-7-19(22)8-2-15/h1-8,17,20H,9-14,23H2. The first kappa shape index (κ1) is 17.4. The molecule has 0 aromatic heterocycles. The molecule has 0 saturated carbocycles. The predicted octanol–water partition coefficient (Wildman–Crippen LogP) is 4.43. The van der Waals surface area contributed by atoms with Crippen molar-refractivity contribution in [3.63, 3.8) is 0 Å². The fraction of sp³-hybridized carbons (Fsp3) is 0.400. The molecular weight excluding hydrogens is 323 g/mol. The van der Waals surface area contributed by atoms with Crippen LogP contribution in [0, 0.1) is 11.7 Å². The molecule has 1 heterocycles. The van der Waals surface area contributed by atoms with Gasteiger partial charge in [-0.2, -0.15) is 0 Å². The van der Waals surface area contributed by atoms with Crippen LogP contribution < -0.4 is 5.73 Å². The van der Waals surface area contributed by atoms with E-state index in [4.69, 9.17) is 17.3 Å². The van der Waals surface area contributed by atoms with Crippen molar-refractivity contribution in [1.29, 1.82) is 0 Å². The zero-order valence-electron chi connectivity index (χ0n) is 13.8. The molecule has 2 aromatic rings. The second kappa shape index (κ2) is 8.11. The molecule has 1 atom stereocenters. The van der Waals surface area contributed by atoms with Crippen LogP contribution in [0.3, 0.4) is 0 Å². The summed E-state index contributed by atoms with van der Waals surface area (Å²) >= 11 is 5.99. The van der Waals surface area contributed by atoms with Gasteiger partial charge in [-0.1, -0.05) is 35.9 Å². The summed E-state index contributed by atoms with van der Waals surface area (Å²) in [5, 5.41) is 0.767. The summed E-state index contributed by atoms with van der Waals surface area (Å²) in [6, 6.07) is 14.9. The van der Waals surface area contributed by atoms with Crippen molar-refractivity contribution < 1.29 is 4.39 Å². The van der Waals surface area contributed by atoms with Crippen LogP contribution in [0.5, 0.6) is 0 Å². The molecule has 0 aliphatic carbocycles. The quantitative estimate of drug-likeness (QED) is 0.867. The van der Waals surface area contributed by atoms with Crippen molar-refractivity contribution in [2.75, 3.05) is 19.6 Å². The lowest BCUT2D eigenvalue weighted by Gasteiger charge is -2.36. The van der Waals surface area contributed by atoms with Crippen molar-refractivity contribution in [2.45, 2.75) is 25.3 Å². The first-order chi connectivity index (χ1) is 11.7. The Morgan fingerprint density at radius 2 is 1.67 bits per heavy atom. The lowest BCUT2D eigenvalue weighted by molar-refractivity contribution is 0.162. The van der Waals surface area contributed by atoms with Crippen LogP contribution in [-0.2, 0) is 6.54 Å². The van der Waals surface area contributed by atoms with Gasteiger partial charge < -0.3 is 5.73 Å². The van der Waals surface area contributed by atoms with Gasteiger partial charge in [0, 0.05) is 11.6 Å². The van der Waals surface area contributed by atoms with Crippen LogP contribution in [0.4, 0.5) is 4.39 Å². The van der Waals surface area contributed by atoms with E-state index in [1.165, 1.54) is 23.3 Å². The van der Waals surface area contributed by atoms with E-state index in [0.717, 1.165) is 37.5 Å². The Labute approximate surface area is 148 Å². The number of benzene rings is 2. The molecule has 2 aromatic carbocycles. The summed E-state index contributed by atoms with van der Waals surface area (Å²) in [6.45, 7) is 3.68. The maximum atomic E-state index is 13.0. The molecule has 24 heavy (non-hydrogen) atoms. The van der Waals surface area contributed by atoms with Gasteiger partial charge in [0.15, 0.2) is 0 Å². The Morgan fingerprint density at radius 1 is 1.04 bits per heavy atom. The molecule has 1 aliphatic heterocycles. The minimum atomic E-state index is -0.175. The predicted molar refractivity (Wildman–Crippen MR) is 97.6 cm³/mol. The average Bonchev–Trinajstić information content (AvgIpc) is 2.61. The topological polar surface area (TPSA) is 29.3 Å². The SMILES string of the molecule is NCC(c1ccc(Cl)cc1)C1CCN(Cc2ccc(F)cc2)CC1. The third-order valence-corrected chi connectivity index (χ3v) is 5.32. The molecule has 1 fully saturated rings. The van der Waals surface area contributed by atoms with Crippen molar-refractivity contribution in [1.82, 2.24) is 4.90 Å². The van der Waals surface area contributed by atoms with E-state index in [9.17, 15) is 4.39 Å². The van der Waals surface area contributed by atoms with Gasteiger partial charge in [-0.05, 0) is 79.7 Å². The number of nitrogens with two attached hydrogens (primary N) is 1. The summed E-state index contributed by atoms with van der Waals surface area (Å²) in [6.07, 6.45) is 2.29. The minimum Gasteiger partial charge on any atom is -0.330 e. The highest BCUT2D eigenvalue weighted by Crippen LogP contribution is 2.33. The molecule has 4 heteroatoms. The van der Waals surface area contributed by atoms with E-state index < -0.39 is 0 Å². The highest BCUT2D eigenvalue weighted by molar-refractivity contribution is 6.30. The Balaban J connectivity index is 1.57. The molecule has 0 spiro atoms. The van der Waals surface area contributed by atoms with Crippen LogP contribution in [-0.4, -0.2) is 24.5 Å². The number of piperidine rings is 1. The van der Waals surface area contributed by atoms with Crippen LogP contribution >= 0.6 is 11.6 Å². The highest BCUT2D eigenvalue weighted by Gasteiger charge is 2.26. The number of halogens is 2. The summed E-state index contributed by atoms with van der Waals surface area (Å²) in [5.41, 5.74) is 8.52. The second-order valence-corrected chi connectivity index (χ2v) is 7.07. The van der Waals surface area contributed by atoms with E-state index >= 15 is 0 Å². The maximum absolute atomic E-state index is 13.0. The zero-order chi connectivity index (χ0) is 16.9. The molecule has 1 unspecified atom stereocenters. The molecule has 3 rings (SSSR count). The maximum Gasteiger partial charge on any atom is 0.123 e. The van der Waals surface area contributed by atoms with Crippen molar-refractivity contribution in [3.8, 4) is 0 Å². The van der Waals surface area contributed by atoms with Gasteiger partial charge in [0.2, 0.25) is 0 Å². The van der Waals surface area contributed by atoms with Gasteiger partial charge in [0.25, 0.3) is 0 Å². The van der Waals surface area contributed by atoms with Crippen LogP contribution in [0.2, 0.25) is 5.02 Å². The van der Waals surface area contributed by atoms with E-state index in [-0.39, 0.29) is 5.82 Å². The first-order valence-electron chi connectivity index (χ1n) is 8.58.